The first-order valence-electron chi connectivity index (χ1n) is 11.9. The number of rotatable bonds is 8. The topological polar surface area (TPSA) is 61.4 Å². The lowest BCUT2D eigenvalue weighted by Gasteiger charge is -2.35. The predicted octanol–water partition coefficient (Wildman–Crippen LogP) is 4.74. The zero-order chi connectivity index (χ0) is 23.1. The maximum Gasteiger partial charge on any atom is 0.253 e. The maximum absolute atomic E-state index is 12.9. The Labute approximate surface area is 192 Å². The smallest absolute Gasteiger partial charge is 0.253 e. The number of para-hydroxylation sites is 1. The van der Waals surface area contributed by atoms with Crippen molar-refractivity contribution >= 4 is 17.5 Å². The Kier molecular flexibility index (Phi) is 8.32. The fourth-order valence-electron chi connectivity index (χ4n) is 4.22. The maximum atomic E-state index is 12.9. The van der Waals surface area contributed by atoms with E-state index in [0.29, 0.717) is 5.92 Å². The molecule has 0 radical (unpaired) electrons. The van der Waals surface area contributed by atoms with E-state index in [4.69, 9.17) is 0 Å². The van der Waals surface area contributed by atoms with Crippen LogP contribution in [-0.4, -0.2) is 37.0 Å². The summed E-state index contributed by atoms with van der Waals surface area (Å²) in [5.74, 6) is 0.361. The zero-order valence-corrected chi connectivity index (χ0v) is 19.8. The van der Waals surface area contributed by atoms with Crippen molar-refractivity contribution in [3.8, 4) is 0 Å². The number of amides is 2. The molecule has 5 heteroatoms. The summed E-state index contributed by atoms with van der Waals surface area (Å²) in [4.78, 5) is 28.1. The number of piperidine rings is 1. The van der Waals surface area contributed by atoms with Crippen molar-refractivity contribution in [1.29, 1.82) is 0 Å². The Hall–Kier alpha value is -2.82. The van der Waals surface area contributed by atoms with Gasteiger partial charge in [-0.15, -0.1) is 0 Å². The highest BCUT2D eigenvalue weighted by molar-refractivity contribution is 6.00. The van der Waals surface area contributed by atoms with E-state index in [2.05, 4.69) is 36.3 Å². The quantitative estimate of drug-likeness (QED) is 0.630. The molecule has 172 valence electrons. The van der Waals surface area contributed by atoms with Crippen LogP contribution in [0, 0.1) is 5.92 Å². The fraction of sp³-hybridized carbons (Fsp3) is 0.481. The highest BCUT2D eigenvalue weighted by Crippen LogP contribution is 2.26. The summed E-state index contributed by atoms with van der Waals surface area (Å²) in [6.07, 6.45) is 2.52. The van der Waals surface area contributed by atoms with Gasteiger partial charge in [-0.2, -0.15) is 0 Å². The third-order valence-corrected chi connectivity index (χ3v) is 6.62. The van der Waals surface area contributed by atoms with Gasteiger partial charge in [0.05, 0.1) is 11.5 Å². The molecule has 1 fully saturated rings. The van der Waals surface area contributed by atoms with Gasteiger partial charge in [-0.25, -0.2) is 0 Å². The molecule has 3 rings (SSSR count). The Balaban J connectivity index is 1.60. The third kappa shape index (κ3) is 5.90. The van der Waals surface area contributed by atoms with Crippen LogP contribution < -0.4 is 15.5 Å². The fourth-order valence-corrected chi connectivity index (χ4v) is 4.22. The van der Waals surface area contributed by atoms with Crippen molar-refractivity contribution in [2.24, 2.45) is 5.92 Å². The molecule has 1 aliphatic heterocycles. The van der Waals surface area contributed by atoms with Gasteiger partial charge in [-0.1, -0.05) is 63.2 Å². The summed E-state index contributed by atoms with van der Waals surface area (Å²) in [6.45, 7) is 9.95. The van der Waals surface area contributed by atoms with Crippen LogP contribution in [0.15, 0.2) is 54.6 Å². The molecule has 2 aromatic carbocycles. The van der Waals surface area contributed by atoms with Crippen LogP contribution in [0.25, 0.3) is 0 Å². The van der Waals surface area contributed by atoms with Crippen molar-refractivity contribution < 1.29 is 9.59 Å². The summed E-state index contributed by atoms with van der Waals surface area (Å²) >= 11 is 0. The van der Waals surface area contributed by atoms with Crippen LogP contribution in [0.5, 0.6) is 0 Å². The Morgan fingerprint density at radius 3 is 2.22 bits per heavy atom. The predicted molar refractivity (Wildman–Crippen MR) is 131 cm³/mol. The van der Waals surface area contributed by atoms with E-state index in [9.17, 15) is 9.59 Å². The lowest BCUT2D eigenvalue weighted by molar-refractivity contribution is -0.123. The minimum atomic E-state index is -0.110. The lowest BCUT2D eigenvalue weighted by atomic mass is 9.94. The Morgan fingerprint density at radius 1 is 0.969 bits per heavy atom. The van der Waals surface area contributed by atoms with Gasteiger partial charge < -0.3 is 15.5 Å². The van der Waals surface area contributed by atoms with Gasteiger partial charge in [0.25, 0.3) is 5.91 Å². The molecular formula is C27H37N3O2. The van der Waals surface area contributed by atoms with Crippen molar-refractivity contribution in [1.82, 2.24) is 10.6 Å². The first-order valence-corrected chi connectivity index (χ1v) is 11.9. The zero-order valence-electron chi connectivity index (χ0n) is 19.8. The first kappa shape index (κ1) is 23.8. The summed E-state index contributed by atoms with van der Waals surface area (Å²) < 4.78 is 0. The minimum absolute atomic E-state index is 0.0223. The monoisotopic (exact) mass is 435 g/mol. The second-order valence-electron chi connectivity index (χ2n) is 9.16. The summed E-state index contributed by atoms with van der Waals surface area (Å²) in [7, 11) is 0. The van der Waals surface area contributed by atoms with Crippen molar-refractivity contribution in [3.63, 3.8) is 0 Å². The molecule has 0 unspecified atom stereocenters. The highest BCUT2D eigenvalue weighted by Gasteiger charge is 2.26. The summed E-state index contributed by atoms with van der Waals surface area (Å²) in [6, 6.07) is 18.1. The molecule has 2 atom stereocenters. The van der Waals surface area contributed by atoms with E-state index in [1.807, 2.05) is 61.5 Å². The molecule has 32 heavy (non-hydrogen) atoms. The number of hydrogen-bond acceptors (Lipinski definition) is 3. The Morgan fingerprint density at radius 2 is 1.59 bits per heavy atom. The molecule has 2 amide bonds. The van der Waals surface area contributed by atoms with E-state index in [-0.39, 0.29) is 29.8 Å². The van der Waals surface area contributed by atoms with E-state index in [0.717, 1.165) is 49.2 Å². The molecule has 0 spiro atoms. The van der Waals surface area contributed by atoms with Gasteiger partial charge in [-0.05, 0) is 49.8 Å². The van der Waals surface area contributed by atoms with Gasteiger partial charge in [-0.3, -0.25) is 9.59 Å². The standard InChI is InChI=1S/C27H37N3O2/c1-5-23(21-11-7-6-8-12-21)26(31)29-22-15-17-30(18-16-22)25-14-10-9-13-24(25)27(32)28-20(4)19(2)3/h6-14,19-20,22-23H,5,15-18H2,1-4H3,(H,28,32)(H,29,31)/t20-,23-/m1/s1. The molecule has 1 saturated heterocycles. The number of nitrogens with one attached hydrogen (secondary N) is 2. The number of benzene rings is 2. The third-order valence-electron chi connectivity index (χ3n) is 6.62. The molecule has 5 nitrogen and oxygen atoms in total. The van der Waals surface area contributed by atoms with Crippen molar-refractivity contribution in [2.75, 3.05) is 18.0 Å². The van der Waals surface area contributed by atoms with E-state index in [1.165, 1.54) is 0 Å². The number of anilines is 1. The van der Waals surface area contributed by atoms with Crippen LogP contribution in [0.1, 0.15) is 68.8 Å². The molecule has 0 aliphatic carbocycles. The van der Waals surface area contributed by atoms with Crippen LogP contribution in [-0.2, 0) is 4.79 Å². The van der Waals surface area contributed by atoms with Gasteiger partial charge in [0.2, 0.25) is 5.91 Å². The van der Waals surface area contributed by atoms with Gasteiger partial charge in [0.1, 0.15) is 0 Å². The SMILES string of the molecule is CC[C@@H](C(=O)NC1CCN(c2ccccc2C(=O)N[C@H](C)C(C)C)CC1)c1ccccc1. The van der Waals surface area contributed by atoms with Crippen LogP contribution in [0.3, 0.4) is 0 Å². The Bertz CT molecular complexity index is 889. The lowest BCUT2D eigenvalue weighted by Crippen LogP contribution is -2.46. The molecular weight excluding hydrogens is 398 g/mol. The molecule has 1 aliphatic rings. The van der Waals surface area contributed by atoms with Gasteiger partial charge in [0.15, 0.2) is 0 Å². The van der Waals surface area contributed by atoms with Crippen LogP contribution >= 0.6 is 0 Å². The second kappa shape index (κ2) is 11.2. The molecule has 1 heterocycles. The average molecular weight is 436 g/mol. The number of hydrogen-bond donors (Lipinski definition) is 2. The molecule has 0 aromatic heterocycles. The average Bonchev–Trinajstić information content (AvgIpc) is 2.80. The highest BCUT2D eigenvalue weighted by atomic mass is 16.2. The normalized spacial score (nSPS) is 16.5. The summed E-state index contributed by atoms with van der Waals surface area (Å²) in [5, 5.41) is 6.39. The summed E-state index contributed by atoms with van der Waals surface area (Å²) in [5.41, 5.74) is 2.76. The van der Waals surface area contributed by atoms with Crippen LogP contribution in [0.4, 0.5) is 5.69 Å². The number of nitrogens with zero attached hydrogens (tertiary/aromatic N) is 1. The van der Waals surface area contributed by atoms with Crippen molar-refractivity contribution in [2.45, 2.75) is 65.0 Å². The number of carbonyl (C=O) groups is 2. The largest absolute Gasteiger partial charge is 0.371 e. The second-order valence-corrected chi connectivity index (χ2v) is 9.16. The van der Waals surface area contributed by atoms with E-state index in [1.54, 1.807) is 0 Å². The van der Waals surface area contributed by atoms with E-state index < -0.39 is 0 Å². The van der Waals surface area contributed by atoms with Gasteiger partial charge in [0, 0.05) is 30.9 Å². The van der Waals surface area contributed by atoms with Gasteiger partial charge >= 0.3 is 0 Å². The van der Waals surface area contributed by atoms with Crippen LogP contribution in [0.2, 0.25) is 0 Å². The number of carbonyl (C=O) groups excluding carboxylic acids is 2. The van der Waals surface area contributed by atoms with E-state index >= 15 is 0 Å². The first-order chi connectivity index (χ1) is 15.4. The molecule has 2 aromatic rings. The van der Waals surface area contributed by atoms with Crippen molar-refractivity contribution in [3.05, 3.63) is 65.7 Å². The molecule has 2 N–H and O–H groups in total. The minimum Gasteiger partial charge on any atom is -0.371 e. The molecule has 0 bridgehead atoms. The molecule has 0 saturated carbocycles.